The predicted molar refractivity (Wildman–Crippen MR) is 71.0 cm³/mol. The lowest BCUT2D eigenvalue weighted by molar-refractivity contribution is 0.0593. The van der Waals surface area contributed by atoms with Crippen molar-refractivity contribution < 1.29 is 9.53 Å². The van der Waals surface area contributed by atoms with Gasteiger partial charge in [-0.05, 0) is 24.6 Å². The first kappa shape index (κ1) is 12.7. The van der Waals surface area contributed by atoms with E-state index < -0.39 is 5.97 Å². The van der Waals surface area contributed by atoms with Crippen molar-refractivity contribution >= 4 is 11.7 Å². The average Bonchev–Trinajstić information content (AvgIpc) is 2.75. The van der Waals surface area contributed by atoms with Crippen molar-refractivity contribution in [1.82, 2.24) is 4.57 Å². The Hall–Kier alpha value is -2.74. The second kappa shape index (κ2) is 4.86. The van der Waals surface area contributed by atoms with Gasteiger partial charge in [0.25, 0.3) is 0 Å². The molecule has 1 aromatic heterocycles. The third-order valence-electron chi connectivity index (χ3n) is 2.82. The molecule has 0 atom stereocenters. The highest BCUT2D eigenvalue weighted by Gasteiger charge is 2.21. The van der Waals surface area contributed by atoms with Gasteiger partial charge in [0.1, 0.15) is 6.07 Å². The number of benzene rings is 1. The Balaban J connectivity index is 2.70. The molecule has 1 heterocycles. The number of nitrogen functional groups attached to an aromatic ring is 1. The van der Waals surface area contributed by atoms with Gasteiger partial charge in [-0.2, -0.15) is 5.26 Å². The van der Waals surface area contributed by atoms with Crippen LogP contribution in [0.25, 0.3) is 5.69 Å². The molecule has 2 rings (SSSR count). The van der Waals surface area contributed by atoms with E-state index in [4.69, 9.17) is 15.7 Å². The minimum atomic E-state index is -0.569. The van der Waals surface area contributed by atoms with Crippen LogP contribution in [0.1, 0.15) is 21.6 Å². The van der Waals surface area contributed by atoms with Gasteiger partial charge in [-0.15, -0.1) is 0 Å². The lowest BCUT2D eigenvalue weighted by atomic mass is 10.2. The largest absolute Gasteiger partial charge is 0.464 e. The molecule has 5 nitrogen and oxygen atoms in total. The van der Waals surface area contributed by atoms with E-state index in [1.807, 2.05) is 37.3 Å². The molecule has 5 heteroatoms. The summed E-state index contributed by atoms with van der Waals surface area (Å²) in [5.74, 6) is -0.569. The van der Waals surface area contributed by atoms with Crippen molar-refractivity contribution in [2.24, 2.45) is 0 Å². The Morgan fingerprint density at radius 2 is 2.21 bits per heavy atom. The molecule has 0 saturated carbocycles. The van der Waals surface area contributed by atoms with Crippen LogP contribution in [0.5, 0.6) is 0 Å². The van der Waals surface area contributed by atoms with Crippen molar-refractivity contribution in [2.75, 3.05) is 12.8 Å². The normalized spacial score (nSPS) is 9.95. The number of esters is 1. The molecule has 2 aromatic rings. The zero-order valence-corrected chi connectivity index (χ0v) is 10.7. The first-order chi connectivity index (χ1) is 9.08. The first-order valence-corrected chi connectivity index (χ1v) is 5.64. The number of rotatable bonds is 2. The van der Waals surface area contributed by atoms with Crippen molar-refractivity contribution in [1.29, 1.82) is 5.26 Å². The molecule has 0 fully saturated rings. The van der Waals surface area contributed by atoms with Gasteiger partial charge < -0.3 is 15.0 Å². The van der Waals surface area contributed by atoms with Gasteiger partial charge >= 0.3 is 5.97 Å². The number of carbonyl (C=O) groups excluding carboxylic acids is 1. The predicted octanol–water partition coefficient (Wildman–Crippen LogP) is 2.03. The third kappa shape index (κ3) is 2.16. The summed E-state index contributed by atoms with van der Waals surface area (Å²) in [5.41, 5.74) is 8.18. The highest BCUT2D eigenvalue weighted by Crippen LogP contribution is 2.24. The highest BCUT2D eigenvalue weighted by molar-refractivity contribution is 5.95. The monoisotopic (exact) mass is 255 g/mol. The third-order valence-corrected chi connectivity index (χ3v) is 2.82. The fraction of sp³-hybridized carbons (Fsp3) is 0.143. The molecule has 0 aliphatic heterocycles. The lowest BCUT2D eigenvalue weighted by Gasteiger charge is -2.08. The van der Waals surface area contributed by atoms with Crippen molar-refractivity contribution in [3.8, 4) is 11.8 Å². The van der Waals surface area contributed by atoms with Crippen LogP contribution in [0.4, 0.5) is 5.69 Å². The van der Waals surface area contributed by atoms with Crippen LogP contribution in [0.3, 0.4) is 0 Å². The molecule has 0 bridgehead atoms. The molecule has 0 aliphatic carbocycles. The number of ether oxygens (including phenoxy) is 1. The first-order valence-electron chi connectivity index (χ1n) is 5.64. The Morgan fingerprint density at radius 3 is 2.79 bits per heavy atom. The second-order valence-corrected chi connectivity index (χ2v) is 4.12. The van der Waals surface area contributed by atoms with E-state index in [0.717, 1.165) is 11.3 Å². The molecule has 0 saturated heterocycles. The molecule has 0 unspecified atom stereocenters. The second-order valence-electron chi connectivity index (χ2n) is 4.12. The van der Waals surface area contributed by atoms with E-state index in [1.165, 1.54) is 13.3 Å². The number of nitrogens with two attached hydrogens (primary N) is 1. The molecular formula is C14H13N3O2. The van der Waals surface area contributed by atoms with Crippen LogP contribution in [0.2, 0.25) is 0 Å². The van der Waals surface area contributed by atoms with Gasteiger partial charge in [0.05, 0.1) is 18.4 Å². The maximum absolute atomic E-state index is 11.8. The van der Waals surface area contributed by atoms with Gasteiger partial charge in [0, 0.05) is 11.9 Å². The van der Waals surface area contributed by atoms with Crippen LogP contribution < -0.4 is 5.73 Å². The van der Waals surface area contributed by atoms with Gasteiger partial charge in [0.15, 0.2) is 5.69 Å². The number of nitriles is 1. The zero-order valence-electron chi connectivity index (χ0n) is 10.7. The SMILES string of the molecule is COC(=O)c1c(N)c(C#N)cn1-c1cccc(C)c1. The van der Waals surface area contributed by atoms with E-state index in [2.05, 4.69) is 0 Å². The van der Waals surface area contributed by atoms with E-state index in [1.54, 1.807) is 4.57 Å². The number of hydrogen-bond acceptors (Lipinski definition) is 4. The lowest BCUT2D eigenvalue weighted by Crippen LogP contribution is -2.11. The van der Waals surface area contributed by atoms with Gasteiger partial charge in [-0.3, -0.25) is 0 Å². The van der Waals surface area contributed by atoms with Gasteiger partial charge in [-0.25, -0.2) is 4.79 Å². The van der Waals surface area contributed by atoms with Crippen LogP contribution in [-0.2, 0) is 4.74 Å². The Bertz CT molecular complexity index is 680. The molecule has 96 valence electrons. The summed E-state index contributed by atoms with van der Waals surface area (Å²) in [7, 11) is 1.28. The Labute approximate surface area is 110 Å². The summed E-state index contributed by atoms with van der Waals surface area (Å²) in [5, 5.41) is 9.02. The number of carbonyl (C=O) groups is 1. The topological polar surface area (TPSA) is 81.0 Å². The minimum absolute atomic E-state index is 0.135. The van der Waals surface area contributed by atoms with Crippen LogP contribution in [-0.4, -0.2) is 17.6 Å². The molecule has 0 aliphatic rings. The Morgan fingerprint density at radius 1 is 1.47 bits per heavy atom. The number of aromatic nitrogens is 1. The molecule has 19 heavy (non-hydrogen) atoms. The maximum atomic E-state index is 11.8. The van der Waals surface area contributed by atoms with Crippen molar-refractivity contribution in [3.63, 3.8) is 0 Å². The molecule has 2 N–H and O–H groups in total. The van der Waals surface area contributed by atoms with E-state index in [9.17, 15) is 4.79 Å². The smallest absolute Gasteiger partial charge is 0.357 e. The summed E-state index contributed by atoms with van der Waals surface area (Å²) in [6.45, 7) is 1.94. The summed E-state index contributed by atoms with van der Waals surface area (Å²) in [6, 6.07) is 9.51. The molecule has 1 aromatic carbocycles. The van der Waals surface area contributed by atoms with Crippen molar-refractivity contribution in [3.05, 3.63) is 47.3 Å². The highest BCUT2D eigenvalue weighted by atomic mass is 16.5. The van der Waals surface area contributed by atoms with Crippen LogP contribution >= 0.6 is 0 Å². The van der Waals surface area contributed by atoms with Gasteiger partial charge in [-0.1, -0.05) is 12.1 Å². The van der Waals surface area contributed by atoms with E-state index in [0.29, 0.717) is 0 Å². The average molecular weight is 255 g/mol. The zero-order chi connectivity index (χ0) is 14.0. The fourth-order valence-corrected chi connectivity index (χ4v) is 1.90. The number of anilines is 1. The standard InChI is InChI=1S/C14H13N3O2/c1-9-4-3-5-11(6-9)17-8-10(7-15)12(16)13(17)14(18)19-2/h3-6,8H,16H2,1-2H3. The fourth-order valence-electron chi connectivity index (χ4n) is 1.90. The molecule has 0 radical (unpaired) electrons. The minimum Gasteiger partial charge on any atom is -0.464 e. The van der Waals surface area contributed by atoms with E-state index in [-0.39, 0.29) is 16.9 Å². The molecular weight excluding hydrogens is 242 g/mol. The van der Waals surface area contributed by atoms with Gasteiger partial charge in [0.2, 0.25) is 0 Å². The summed E-state index contributed by atoms with van der Waals surface area (Å²) < 4.78 is 6.29. The quantitative estimate of drug-likeness (QED) is 0.832. The maximum Gasteiger partial charge on any atom is 0.357 e. The summed E-state index contributed by atoms with van der Waals surface area (Å²) >= 11 is 0. The number of hydrogen-bond donors (Lipinski definition) is 1. The summed E-state index contributed by atoms with van der Waals surface area (Å²) in [6.07, 6.45) is 1.54. The number of nitrogens with zero attached hydrogens (tertiary/aromatic N) is 2. The Kier molecular flexibility index (Phi) is 3.25. The summed E-state index contributed by atoms with van der Waals surface area (Å²) in [4.78, 5) is 11.8. The molecule has 0 amide bonds. The van der Waals surface area contributed by atoms with E-state index >= 15 is 0 Å². The number of methoxy groups -OCH3 is 1. The van der Waals surface area contributed by atoms with Crippen molar-refractivity contribution in [2.45, 2.75) is 6.92 Å². The molecule has 0 spiro atoms. The van der Waals surface area contributed by atoms with Crippen LogP contribution in [0.15, 0.2) is 30.5 Å². The van der Waals surface area contributed by atoms with Crippen LogP contribution in [0, 0.1) is 18.3 Å². The number of aryl methyl sites for hydroxylation is 1.